The van der Waals surface area contributed by atoms with Gasteiger partial charge in [-0.25, -0.2) is 0 Å². The molecule has 0 unspecified atom stereocenters. The van der Waals surface area contributed by atoms with Crippen molar-refractivity contribution in [3.05, 3.63) is 58.1 Å². The van der Waals surface area contributed by atoms with Gasteiger partial charge in [0.1, 0.15) is 5.75 Å². The summed E-state index contributed by atoms with van der Waals surface area (Å²) in [7, 11) is 0. The van der Waals surface area contributed by atoms with Gasteiger partial charge < -0.3 is 10.4 Å². The molecule has 0 aliphatic heterocycles. The summed E-state index contributed by atoms with van der Waals surface area (Å²) in [6, 6.07) is 11.6. The van der Waals surface area contributed by atoms with E-state index in [1.165, 1.54) is 12.1 Å². The van der Waals surface area contributed by atoms with Gasteiger partial charge in [-0.15, -0.1) is 0 Å². The van der Waals surface area contributed by atoms with Gasteiger partial charge in [0.15, 0.2) is 0 Å². The maximum absolute atomic E-state index is 11.8. The van der Waals surface area contributed by atoms with Crippen LogP contribution < -0.4 is 5.32 Å². The number of benzene rings is 2. The van der Waals surface area contributed by atoms with E-state index in [0.29, 0.717) is 10.7 Å². The number of aromatic hydroxyl groups is 1. The van der Waals surface area contributed by atoms with Crippen molar-refractivity contribution < 1.29 is 9.90 Å². The average Bonchev–Trinajstić information content (AvgIpc) is 2.34. The predicted molar refractivity (Wildman–Crippen MR) is 76.9 cm³/mol. The van der Waals surface area contributed by atoms with Crippen LogP contribution >= 0.6 is 23.2 Å². The SMILES string of the molecule is O=C(Cc1cccc(Cl)c1)Nc1ccc(O)c(Cl)c1. The highest BCUT2D eigenvalue weighted by Crippen LogP contribution is 2.26. The van der Waals surface area contributed by atoms with Crippen LogP contribution in [0.5, 0.6) is 5.75 Å². The zero-order valence-electron chi connectivity index (χ0n) is 9.86. The Morgan fingerprint density at radius 1 is 1.16 bits per heavy atom. The molecule has 0 radical (unpaired) electrons. The van der Waals surface area contributed by atoms with Crippen molar-refractivity contribution in [2.75, 3.05) is 5.32 Å². The Labute approximate surface area is 120 Å². The monoisotopic (exact) mass is 295 g/mol. The van der Waals surface area contributed by atoms with E-state index in [1.54, 1.807) is 24.3 Å². The van der Waals surface area contributed by atoms with E-state index in [9.17, 15) is 9.90 Å². The summed E-state index contributed by atoms with van der Waals surface area (Å²) in [5.74, 6) is -0.196. The number of phenolic OH excluding ortho intramolecular Hbond substituents is 1. The van der Waals surface area contributed by atoms with Gasteiger partial charge in [0.25, 0.3) is 0 Å². The standard InChI is InChI=1S/C14H11Cl2NO2/c15-10-3-1-2-9(6-10)7-14(19)17-11-4-5-13(18)12(16)8-11/h1-6,8,18H,7H2,(H,17,19). The molecule has 0 aromatic heterocycles. The molecule has 0 bridgehead atoms. The van der Waals surface area contributed by atoms with Crippen LogP contribution in [0.25, 0.3) is 0 Å². The molecule has 0 saturated carbocycles. The summed E-state index contributed by atoms with van der Waals surface area (Å²) < 4.78 is 0. The lowest BCUT2D eigenvalue weighted by molar-refractivity contribution is -0.115. The van der Waals surface area contributed by atoms with Gasteiger partial charge in [0.05, 0.1) is 11.4 Å². The third kappa shape index (κ3) is 3.88. The van der Waals surface area contributed by atoms with E-state index in [4.69, 9.17) is 23.2 Å². The molecule has 0 atom stereocenters. The van der Waals surface area contributed by atoms with Crippen LogP contribution in [0.3, 0.4) is 0 Å². The molecule has 0 fully saturated rings. The summed E-state index contributed by atoms with van der Waals surface area (Å²) in [6.45, 7) is 0. The number of amides is 1. The normalized spacial score (nSPS) is 10.2. The van der Waals surface area contributed by atoms with Gasteiger partial charge in [-0.1, -0.05) is 35.3 Å². The molecule has 0 heterocycles. The van der Waals surface area contributed by atoms with Crippen molar-refractivity contribution in [2.24, 2.45) is 0 Å². The molecule has 19 heavy (non-hydrogen) atoms. The number of hydrogen-bond donors (Lipinski definition) is 2. The Morgan fingerprint density at radius 2 is 1.95 bits per heavy atom. The Bertz CT molecular complexity index is 614. The molecule has 1 amide bonds. The molecule has 2 N–H and O–H groups in total. The van der Waals surface area contributed by atoms with Gasteiger partial charge in [-0.2, -0.15) is 0 Å². The fourth-order valence-corrected chi connectivity index (χ4v) is 2.02. The van der Waals surface area contributed by atoms with Crippen molar-refractivity contribution in [3.8, 4) is 5.75 Å². The van der Waals surface area contributed by atoms with Crippen LogP contribution in [0.2, 0.25) is 10.0 Å². The quantitative estimate of drug-likeness (QED) is 0.844. The highest BCUT2D eigenvalue weighted by atomic mass is 35.5. The molecule has 0 aliphatic carbocycles. The molecule has 2 aromatic rings. The molecule has 2 rings (SSSR count). The fraction of sp³-hybridized carbons (Fsp3) is 0.0714. The first-order chi connectivity index (χ1) is 9.04. The minimum absolute atomic E-state index is 0.0190. The van der Waals surface area contributed by atoms with E-state index in [1.807, 2.05) is 6.07 Å². The molecule has 98 valence electrons. The Kier molecular flexibility index (Phi) is 4.30. The summed E-state index contributed by atoms with van der Waals surface area (Å²) in [5.41, 5.74) is 1.37. The van der Waals surface area contributed by atoms with Crippen LogP contribution in [0, 0.1) is 0 Å². The molecule has 3 nitrogen and oxygen atoms in total. The maximum Gasteiger partial charge on any atom is 0.228 e. The largest absolute Gasteiger partial charge is 0.506 e. The Morgan fingerprint density at radius 3 is 2.63 bits per heavy atom. The zero-order valence-corrected chi connectivity index (χ0v) is 11.4. The van der Waals surface area contributed by atoms with Crippen LogP contribution in [0.1, 0.15) is 5.56 Å². The topological polar surface area (TPSA) is 49.3 Å². The van der Waals surface area contributed by atoms with Gasteiger partial charge in [0, 0.05) is 10.7 Å². The van der Waals surface area contributed by atoms with Crippen LogP contribution in [0.4, 0.5) is 5.69 Å². The molecular formula is C14H11Cl2NO2. The molecule has 5 heteroatoms. The third-order valence-corrected chi connectivity index (χ3v) is 3.02. The van der Waals surface area contributed by atoms with Crippen molar-refractivity contribution in [1.82, 2.24) is 0 Å². The number of hydrogen-bond acceptors (Lipinski definition) is 2. The molecule has 2 aromatic carbocycles. The number of carbonyl (C=O) groups excluding carboxylic acids is 1. The van der Waals surface area contributed by atoms with Gasteiger partial charge in [-0.05, 0) is 35.9 Å². The van der Waals surface area contributed by atoms with Gasteiger partial charge in [0.2, 0.25) is 5.91 Å². The Hall–Kier alpha value is -1.71. The summed E-state index contributed by atoms with van der Waals surface area (Å²) in [6.07, 6.45) is 0.221. The lowest BCUT2D eigenvalue weighted by Crippen LogP contribution is -2.14. The number of halogens is 2. The van der Waals surface area contributed by atoms with E-state index < -0.39 is 0 Å². The van der Waals surface area contributed by atoms with E-state index in [-0.39, 0.29) is 23.1 Å². The minimum Gasteiger partial charge on any atom is -0.506 e. The lowest BCUT2D eigenvalue weighted by atomic mass is 10.1. The van der Waals surface area contributed by atoms with Crippen LogP contribution in [-0.2, 0) is 11.2 Å². The molecular weight excluding hydrogens is 285 g/mol. The first-order valence-electron chi connectivity index (χ1n) is 5.57. The van der Waals surface area contributed by atoms with E-state index in [0.717, 1.165) is 5.56 Å². The van der Waals surface area contributed by atoms with E-state index in [2.05, 4.69) is 5.32 Å². The van der Waals surface area contributed by atoms with Gasteiger partial charge >= 0.3 is 0 Å². The first kappa shape index (κ1) is 13.7. The lowest BCUT2D eigenvalue weighted by Gasteiger charge is -2.06. The average molecular weight is 296 g/mol. The highest BCUT2D eigenvalue weighted by molar-refractivity contribution is 6.32. The molecule has 0 aliphatic rings. The smallest absolute Gasteiger partial charge is 0.228 e. The first-order valence-corrected chi connectivity index (χ1v) is 6.33. The summed E-state index contributed by atoms with van der Waals surface area (Å²) in [4.78, 5) is 11.8. The highest BCUT2D eigenvalue weighted by Gasteiger charge is 2.06. The molecule has 0 spiro atoms. The second-order valence-corrected chi connectivity index (χ2v) is 4.86. The number of phenols is 1. The van der Waals surface area contributed by atoms with Crippen LogP contribution in [-0.4, -0.2) is 11.0 Å². The summed E-state index contributed by atoms with van der Waals surface area (Å²) in [5, 5.41) is 12.8. The Balaban J connectivity index is 2.03. The second-order valence-electron chi connectivity index (χ2n) is 4.02. The fourth-order valence-electron chi connectivity index (χ4n) is 1.62. The third-order valence-electron chi connectivity index (χ3n) is 2.49. The van der Waals surface area contributed by atoms with Crippen molar-refractivity contribution in [3.63, 3.8) is 0 Å². The number of anilines is 1. The van der Waals surface area contributed by atoms with E-state index >= 15 is 0 Å². The van der Waals surface area contributed by atoms with Crippen molar-refractivity contribution in [1.29, 1.82) is 0 Å². The van der Waals surface area contributed by atoms with Crippen LogP contribution in [0.15, 0.2) is 42.5 Å². The maximum atomic E-state index is 11.8. The van der Waals surface area contributed by atoms with Gasteiger partial charge in [-0.3, -0.25) is 4.79 Å². The number of carbonyl (C=O) groups is 1. The van der Waals surface area contributed by atoms with Crippen molar-refractivity contribution >= 4 is 34.8 Å². The zero-order chi connectivity index (χ0) is 13.8. The predicted octanol–water partition coefficient (Wildman–Crippen LogP) is 3.88. The second kappa shape index (κ2) is 5.95. The van der Waals surface area contributed by atoms with Crippen molar-refractivity contribution in [2.45, 2.75) is 6.42 Å². The summed E-state index contributed by atoms with van der Waals surface area (Å²) >= 11 is 11.6. The minimum atomic E-state index is -0.177. The molecule has 0 saturated heterocycles. The number of rotatable bonds is 3. The number of nitrogens with one attached hydrogen (secondary N) is 1.